The van der Waals surface area contributed by atoms with Crippen molar-refractivity contribution in [2.75, 3.05) is 19.6 Å². The van der Waals surface area contributed by atoms with E-state index in [0.29, 0.717) is 11.0 Å². The number of hydrogen-bond donors (Lipinski definition) is 1. The second-order valence-electron chi connectivity index (χ2n) is 4.95. The number of hydrogen-bond acceptors (Lipinski definition) is 6. The Morgan fingerprint density at radius 1 is 1.55 bits per heavy atom. The highest BCUT2D eigenvalue weighted by molar-refractivity contribution is 7.16. The molecule has 1 fully saturated rings. The van der Waals surface area contributed by atoms with Gasteiger partial charge in [0.2, 0.25) is 4.96 Å². The Bertz CT molecular complexity index is 655. The normalized spacial score (nSPS) is 20.0. The van der Waals surface area contributed by atoms with Gasteiger partial charge in [-0.15, -0.1) is 12.4 Å². The molecule has 6 nitrogen and oxygen atoms in total. The summed E-state index contributed by atoms with van der Waals surface area (Å²) in [6.45, 7) is 7.84. The molecule has 8 heteroatoms. The van der Waals surface area contributed by atoms with Gasteiger partial charge in [0, 0.05) is 37.4 Å². The average Bonchev–Trinajstić information content (AvgIpc) is 2.75. The molecule has 1 aliphatic rings. The Balaban J connectivity index is 0.00000147. The highest BCUT2D eigenvalue weighted by atomic mass is 35.5. The van der Waals surface area contributed by atoms with E-state index in [9.17, 15) is 4.79 Å². The van der Waals surface area contributed by atoms with Crippen molar-refractivity contribution in [1.82, 2.24) is 24.8 Å². The molecule has 2 aromatic rings. The summed E-state index contributed by atoms with van der Waals surface area (Å²) in [6, 6.07) is 2.01. The molecule has 1 atom stereocenters. The van der Waals surface area contributed by atoms with Crippen molar-refractivity contribution in [3.63, 3.8) is 0 Å². The summed E-state index contributed by atoms with van der Waals surface area (Å²) in [6.07, 6.45) is 0. The van der Waals surface area contributed by atoms with Crippen LogP contribution >= 0.6 is 23.7 Å². The second kappa shape index (κ2) is 6.17. The van der Waals surface area contributed by atoms with Crippen molar-refractivity contribution in [3.05, 3.63) is 27.1 Å². The Labute approximate surface area is 127 Å². The van der Waals surface area contributed by atoms with Crippen LogP contribution in [0.15, 0.2) is 10.9 Å². The Hall–Kier alpha value is -1.02. The van der Waals surface area contributed by atoms with Crippen molar-refractivity contribution in [2.24, 2.45) is 0 Å². The third-order valence-corrected chi connectivity index (χ3v) is 4.29. The first-order chi connectivity index (χ1) is 9.13. The lowest BCUT2D eigenvalue weighted by Gasteiger charge is -2.32. The SMILES string of the molecule is Cc1cc(=O)n2nc(CN3CCNC[C@H]3C)sc2n1.Cl. The molecule has 110 valence electrons. The van der Waals surface area contributed by atoms with E-state index in [1.165, 1.54) is 21.9 Å². The number of halogens is 1. The van der Waals surface area contributed by atoms with Crippen LogP contribution in [0.4, 0.5) is 0 Å². The number of piperazine rings is 1. The number of nitrogens with one attached hydrogen (secondary N) is 1. The molecule has 0 aliphatic carbocycles. The summed E-state index contributed by atoms with van der Waals surface area (Å²) >= 11 is 1.50. The highest BCUT2D eigenvalue weighted by Crippen LogP contribution is 2.15. The first-order valence-corrected chi connectivity index (χ1v) is 7.26. The van der Waals surface area contributed by atoms with E-state index in [2.05, 4.69) is 27.2 Å². The summed E-state index contributed by atoms with van der Waals surface area (Å²) in [7, 11) is 0. The van der Waals surface area contributed by atoms with Crippen LogP contribution in [0.1, 0.15) is 17.6 Å². The fraction of sp³-hybridized carbons (Fsp3) is 0.583. The lowest BCUT2D eigenvalue weighted by atomic mass is 10.2. The van der Waals surface area contributed by atoms with E-state index < -0.39 is 0 Å². The Morgan fingerprint density at radius 2 is 2.35 bits per heavy atom. The lowest BCUT2D eigenvalue weighted by Crippen LogP contribution is -2.49. The number of aryl methyl sites for hydroxylation is 1. The van der Waals surface area contributed by atoms with Gasteiger partial charge in [-0.3, -0.25) is 9.69 Å². The zero-order valence-electron chi connectivity index (χ0n) is 11.5. The molecule has 1 aliphatic heterocycles. The van der Waals surface area contributed by atoms with E-state index in [1.807, 2.05) is 6.92 Å². The molecule has 0 aromatic carbocycles. The van der Waals surface area contributed by atoms with Crippen LogP contribution < -0.4 is 10.9 Å². The van der Waals surface area contributed by atoms with Gasteiger partial charge >= 0.3 is 0 Å². The molecule has 1 N–H and O–H groups in total. The molecule has 3 heterocycles. The molecule has 0 unspecified atom stereocenters. The maximum atomic E-state index is 11.8. The molecule has 1 saturated heterocycles. The lowest BCUT2D eigenvalue weighted by molar-refractivity contribution is 0.165. The van der Waals surface area contributed by atoms with Gasteiger partial charge in [-0.2, -0.15) is 9.61 Å². The molecule has 0 saturated carbocycles. The molecule has 0 radical (unpaired) electrons. The summed E-state index contributed by atoms with van der Waals surface area (Å²) in [5, 5.41) is 8.70. The smallest absolute Gasteiger partial charge is 0.275 e. The highest BCUT2D eigenvalue weighted by Gasteiger charge is 2.19. The van der Waals surface area contributed by atoms with Gasteiger partial charge in [0.05, 0.1) is 6.54 Å². The Morgan fingerprint density at radius 3 is 3.10 bits per heavy atom. The Kier molecular flexibility index (Phi) is 4.74. The van der Waals surface area contributed by atoms with E-state index in [4.69, 9.17) is 0 Å². The van der Waals surface area contributed by atoms with Crippen LogP contribution in [-0.2, 0) is 6.54 Å². The average molecular weight is 316 g/mol. The first kappa shape index (κ1) is 15.4. The number of nitrogens with zero attached hydrogens (tertiary/aromatic N) is 4. The molecule has 20 heavy (non-hydrogen) atoms. The summed E-state index contributed by atoms with van der Waals surface area (Å²) in [5.41, 5.74) is 0.647. The van der Waals surface area contributed by atoms with Gasteiger partial charge in [-0.25, -0.2) is 4.98 Å². The van der Waals surface area contributed by atoms with Gasteiger partial charge < -0.3 is 5.32 Å². The summed E-state index contributed by atoms with van der Waals surface area (Å²) < 4.78 is 1.40. The van der Waals surface area contributed by atoms with Crippen LogP contribution in [0.5, 0.6) is 0 Å². The minimum atomic E-state index is -0.0987. The molecule has 0 spiro atoms. The van der Waals surface area contributed by atoms with E-state index >= 15 is 0 Å². The third kappa shape index (κ3) is 3.01. The van der Waals surface area contributed by atoms with E-state index in [-0.39, 0.29) is 18.0 Å². The van der Waals surface area contributed by atoms with Crippen LogP contribution in [0.25, 0.3) is 4.96 Å². The van der Waals surface area contributed by atoms with Crippen LogP contribution in [0.2, 0.25) is 0 Å². The molecule has 2 aromatic heterocycles. The van der Waals surface area contributed by atoms with Gasteiger partial charge in [-0.05, 0) is 13.8 Å². The largest absolute Gasteiger partial charge is 0.314 e. The van der Waals surface area contributed by atoms with Crippen molar-refractivity contribution >= 4 is 28.7 Å². The first-order valence-electron chi connectivity index (χ1n) is 6.44. The van der Waals surface area contributed by atoms with Crippen LogP contribution in [-0.4, -0.2) is 45.2 Å². The van der Waals surface area contributed by atoms with Crippen molar-refractivity contribution < 1.29 is 0 Å². The standard InChI is InChI=1S/C12H17N5OS.ClH/c1-8-5-11(18)17-12(14-8)19-10(15-17)7-16-4-3-13-6-9(16)2;/h5,9,13H,3-4,6-7H2,1-2H3;1H/t9-;/m1./s1. The van der Waals surface area contributed by atoms with Crippen molar-refractivity contribution in [1.29, 1.82) is 0 Å². The fourth-order valence-corrected chi connectivity index (χ4v) is 3.29. The maximum Gasteiger partial charge on any atom is 0.275 e. The topological polar surface area (TPSA) is 62.5 Å². The quantitative estimate of drug-likeness (QED) is 0.883. The minimum Gasteiger partial charge on any atom is -0.314 e. The van der Waals surface area contributed by atoms with Crippen molar-refractivity contribution in [2.45, 2.75) is 26.4 Å². The second-order valence-corrected chi connectivity index (χ2v) is 5.99. The molecule has 3 rings (SSSR count). The predicted octanol–water partition coefficient (Wildman–Crippen LogP) is 0.675. The van der Waals surface area contributed by atoms with Gasteiger partial charge in [0.25, 0.3) is 5.56 Å². The zero-order chi connectivity index (χ0) is 13.4. The number of rotatable bonds is 2. The van der Waals surface area contributed by atoms with Crippen LogP contribution in [0, 0.1) is 6.92 Å². The zero-order valence-corrected chi connectivity index (χ0v) is 13.1. The summed E-state index contributed by atoms with van der Waals surface area (Å²) in [5.74, 6) is 0. The maximum absolute atomic E-state index is 11.8. The van der Waals surface area contributed by atoms with E-state index in [1.54, 1.807) is 0 Å². The van der Waals surface area contributed by atoms with Crippen LogP contribution in [0.3, 0.4) is 0 Å². The monoisotopic (exact) mass is 315 g/mol. The predicted molar refractivity (Wildman–Crippen MR) is 81.9 cm³/mol. The summed E-state index contributed by atoms with van der Waals surface area (Å²) in [4.78, 5) is 19.2. The fourth-order valence-electron chi connectivity index (χ4n) is 2.32. The molecular formula is C12H18ClN5OS. The van der Waals surface area contributed by atoms with Gasteiger partial charge in [-0.1, -0.05) is 11.3 Å². The van der Waals surface area contributed by atoms with E-state index in [0.717, 1.165) is 36.9 Å². The van der Waals surface area contributed by atoms with Gasteiger partial charge in [0.1, 0.15) is 5.01 Å². The van der Waals surface area contributed by atoms with Crippen molar-refractivity contribution in [3.8, 4) is 0 Å². The molecule has 0 amide bonds. The number of aromatic nitrogens is 3. The number of fused-ring (bicyclic) bond motifs is 1. The molecular weight excluding hydrogens is 298 g/mol. The minimum absolute atomic E-state index is 0. The third-order valence-electron chi connectivity index (χ3n) is 3.39. The van der Waals surface area contributed by atoms with Gasteiger partial charge in [0.15, 0.2) is 0 Å². The molecule has 0 bridgehead atoms.